The molecule has 0 aliphatic rings. The molecule has 0 atom stereocenters. The van der Waals surface area contributed by atoms with E-state index in [0.29, 0.717) is 0 Å². The van der Waals surface area contributed by atoms with Crippen LogP contribution in [0.2, 0.25) is 0 Å². The predicted molar refractivity (Wildman–Crippen MR) is 344 cm³/mol. The first kappa shape index (κ1) is 45.8. The zero-order valence-corrected chi connectivity index (χ0v) is 43.9. The average molecular weight is 1010 g/mol. The van der Waals surface area contributed by atoms with Gasteiger partial charge in [-0.1, -0.05) is 291 Å². The third-order valence-corrected chi connectivity index (χ3v) is 17.1. The Balaban J connectivity index is 0.990. The van der Waals surface area contributed by atoms with Crippen LogP contribution in [-0.2, 0) is 0 Å². The normalized spacial score (nSPS) is 11.8. The van der Waals surface area contributed by atoms with E-state index in [0.717, 1.165) is 0 Å². The van der Waals surface area contributed by atoms with Gasteiger partial charge in [-0.2, -0.15) is 0 Å². The van der Waals surface area contributed by atoms with Gasteiger partial charge in [0.05, 0.1) is 0 Å². The first-order valence-electron chi connectivity index (χ1n) is 27.8. The average Bonchev–Trinajstić information content (AvgIpc) is 3.65. The van der Waals surface area contributed by atoms with Crippen LogP contribution >= 0.6 is 0 Å². The lowest BCUT2D eigenvalue weighted by Crippen LogP contribution is -1.95. The van der Waals surface area contributed by atoms with Crippen LogP contribution in [0.3, 0.4) is 0 Å². The van der Waals surface area contributed by atoms with Crippen molar-refractivity contribution in [3.05, 3.63) is 303 Å². The van der Waals surface area contributed by atoms with E-state index in [4.69, 9.17) is 0 Å². The Labute approximate surface area is 465 Å². The van der Waals surface area contributed by atoms with Gasteiger partial charge < -0.3 is 0 Å². The quantitative estimate of drug-likeness (QED) is 0.133. The highest BCUT2D eigenvalue weighted by atomic mass is 14.3. The van der Waals surface area contributed by atoms with Crippen molar-refractivity contribution in [2.24, 2.45) is 0 Å². The highest BCUT2D eigenvalue weighted by molar-refractivity contribution is 6.33. The van der Waals surface area contributed by atoms with Crippen LogP contribution in [0.5, 0.6) is 0 Å². The zero-order valence-electron chi connectivity index (χ0n) is 43.9. The topological polar surface area (TPSA) is 0 Å². The summed E-state index contributed by atoms with van der Waals surface area (Å²) in [6.45, 7) is 0. The molecule has 370 valence electrons. The van der Waals surface area contributed by atoms with Crippen LogP contribution in [0.4, 0.5) is 0 Å². The monoisotopic (exact) mass is 1010 g/mol. The third-order valence-electron chi connectivity index (χ3n) is 17.1. The summed E-state index contributed by atoms with van der Waals surface area (Å²) in [5, 5.41) is 17.5. The van der Waals surface area contributed by atoms with Crippen LogP contribution in [0.15, 0.2) is 303 Å². The Morgan fingerprint density at radius 3 is 0.775 bits per heavy atom. The maximum Gasteiger partial charge on any atom is -0.00139 e. The second-order valence-corrected chi connectivity index (χ2v) is 21.4. The van der Waals surface area contributed by atoms with Gasteiger partial charge in [0.1, 0.15) is 0 Å². The lowest BCUT2D eigenvalue weighted by molar-refractivity contribution is 1.61. The number of benzene rings is 16. The molecule has 0 aliphatic heterocycles. The Hall–Kier alpha value is -10.4. The molecule has 0 heterocycles. The first-order chi connectivity index (χ1) is 39.7. The van der Waals surface area contributed by atoms with Crippen molar-refractivity contribution in [1.82, 2.24) is 0 Å². The fraction of sp³-hybridized carbons (Fsp3) is 0. The van der Waals surface area contributed by atoms with E-state index in [1.807, 2.05) is 0 Å². The lowest BCUT2D eigenvalue weighted by Gasteiger charge is -2.23. The van der Waals surface area contributed by atoms with Crippen molar-refractivity contribution < 1.29 is 0 Å². The Morgan fingerprint density at radius 2 is 0.388 bits per heavy atom. The van der Waals surface area contributed by atoms with E-state index in [-0.39, 0.29) is 0 Å². The fourth-order valence-corrected chi connectivity index (χ4v) is 13.3. The molecule has 0 aromatic heterocycles. The van der Waals surface area contributed by atoms with Crippen molar-refractivity contribution in [2.75, 3.05) is 0 Å². The van der Waals surface area contributed by atoms with Crippen LogP contribution in [0.25, 0.3) is 164 Å². The summed E-state index contributed by atoms with van der Waals surface area (Å²) in [6, 6.07) is 113. The second kappa shape index (κ2) is 18.7. The Bertz CT molecular complexity index is 4730. The van der Waals surface area contributed by atoms with Gasteiger partial charge in [0.2, 0.25) is 0 Å². The second-order valence-electron chi connectivity index (χ2n) is 21.4. The Kier molecular flexibility index (Phi) is 10.7. The fourth-order valence-electron chi connectivity index (χ4n) is 13.3. The molecular formula is C80H50. The number of rotatable bonds is 8. The molecule has 0 nitrogen and oxygen atoms in total. The van der Waals surface area contributed by atoms with Gasteiger partial charge in [0, 0.05) is 0 Å². The SMILES string of the molecule is c1ccc(-c2ccc(-c3cc(-c4ccc(-c5cccc6ccccc56)cc4)c4ccc5c(-c6ccc(-c7ccccc7)c7ccccc67)cc(-c6ccc(-c7cccc8ccccc78)cc6)c6ccc3c4c65)c3ccccc23)cc1. The van der Waals surface area contributed by atoms with Gasteiger partial charge >= 0.3 is 0 Å². The van der Waals surface area contributed by atoms with Crippen LogP contribution in [0, 0.1) is 0 Å². The van der Waals surface area contributed by atoms with Crippen molar-refractivity contribution in [3.8, 4) is 89.0 Å². The highest BCUT2D eigenvalue weighted by Gasteiger charge is 2.24. The van der Waals surface area contributed by atoms with Gasteiger partial charge in [-0.15, -0.1) is 0 Å². The summed E-state index contributed by atoms with van der Waals surface area (Å²) in [5.41, 5.74) is 19.5. The maximum atomic E-state index is 2.49. The van der Waals surface area contributed by atoms with E-state index < -0.39 is 0 Å². The standard InChI is InChI=1S/C80H50/c1-3-17-51(18-4-1)63-41-43-69(67-29-13-11-27-65(63)67)77-49-75(57-37-33-55(34-38-57)61-31-15-23-53-21-7-9-25-59(53)61)71-46-48-74-78(70-44-42-64(52-19-5-2-6-20-52)66-28-12-14-30-68(66)70)50-76(72-45-47-73(77)79(71)80(72)74)58-39-35-56(36-40-58)62-32-16-24-54-22-8-10-26-60(54)62/h1-50H. The summed E-state index contributed by atoms with van der Waals surface area (Å²) in [4.78, 5) is 0. The lowest BCUT2D eigenvalue weighted by atomic mass is 9.80. The molecule has 0 N–H and O–H groups in total. The summed E-state index contributed by atoms with van der Waals surface area (Å²) < 4.78 is 0. The zero-order chi connectivity index (χ0) is 52.7. The van der Waals surface area contributed by atoms with E-state index in [9.17, 15) is 0 Å². The minimum atomic E-state index is 1.19. The summed E-state index contributed by atoms with van der Waals surface area (Å²) in [6.07, 6.45) is 0. The van der Waals surface area contributed by atoms with Crippen LogP contribution < -0.4 is 0 Å². The van der Waals surface area contributed by atoms with Gasteiger partial charge in [-0.3, -0.25) is 0 Å². The molecule has 0 fully saturated rings. The Morgan fingerprint density at radius 1 is 0.125 bits per heavy atom. The largest absolute Gasteiger partial charge is 0.0622 e. The van der Waals surface area contributed by atoms with E-state index in [1.165, 1.54) is 164 Å². The molecule has 0 amide bonds. The minimum absolute atomic E-state index is 1.19. The molecule has 16 aromatic carbocycles. The summed E-state index contributed by atoms with van der Waals surface area (Å²) in [5.74, 6) is 0. The molecule has 0 aliphatic carbocycles. The molecule has 0 unspecified atom stereocenters. The van der Waals surface area contributed by atoms with Crippen molar-refractivity contribution in [3.63, 3.8) is 0 Å². The van der Waals surface area contributed by atoms with Gasteiger partial charge in [-0.05, 0) is 177 Å². The predicted octanol–water partition coefficient (Wildman–Crippen LogP) is 22.5. The maximum absolute atomic E-state index is 2.49. The molecule has 0 spiro atoms. The number of hydrogen-bond donors (Lipinski definition) is 0. The number of hydrogen-bond acceptors (Lipinski definition) is 0. The van der Waals surface area contributed by atoms with Gasteiger partial charge in [-0.25, -0.2) is 0 Å². The summed E-state index contributed by atoms with van der Waals surface area (Å²) in [7, 11) is 0. The van der Waals surface area contributed by atoms with Gasteiger partial charge in [0.15, 0.2) is 0 Å². The van der Waals surface area contributed by atoms with Crippen molar-refractivity contribution in [2.45, 2.75) is 0 Å². The molecule has 16 rings (SSSR count). The third kappa shape index (κ3) is 7.38. The minimum Gasteiger partial charge on any atom is -0.0622 e. The molecule has 16 aromatic rings. The first-order valence-corrected chi connectivity index (χ1v) is 27.8. The van der Waals surface area contributed by atoms with E-state index >= 15 is 0 Å². The van der Waals surface area contributed by atoms with Crippen molar-refractivity contribution in [1.29, 1.82) is 0 Å². The molecule has 0 bridgehead atoms. The molecule has 0 saturated heterocycles. The van der Waals surface area contributed by atoms with Crippen LogP contribution in [-0.4, -0.2) is 0 Å². The number of fused-ring (bicyclic) bond motifs is 4. The molecule has 0 saturated carbocycles. The van der Waals surface area contributed by atoms with Crippen LogP contribution in [0.1, 0.15) is 0 Å². The van der Waals surface area contributed by atoms with E-state index in [1.54, 1.807) is 0 Å². The smallest absolute Gasteiger partial charge is 0.00139 e. The van der Waals surface area contributed by atoms with E-state index in [2.05, 4.69) is 303 Å². The molecule has 0 radical (unpaired) electrons. The highest BCUT2D eigenvalue weighted by Crippen LogP contribution is 2.51. The van der Waals surface area contributed by atoms with Gasteiger partial charge in [0.25, 0.3) is 0 Å². The summed E-state index contributed by atoms with van der Waals surface area (Å²) >= 11 is 0. The molecular weight excluding hydrogens is 961 g/mol. The molecule has 0 heteroatoms. The molecule has 80 heavy (non-hydrogen) atoms. The van der Waals surface area contributed by atoms with Crippen molar-refractivity contribution >= 4 is 75.4 Å².